The zero-order valence-corrected chi connectivity index (χ0v) is 30.8. The Labute approximate surface area is 324 Å². The molecule has 0 fully saturated rings. The second-order valence-electron chi connectivity index (χ2n) is 14.9. The van der Waals surface area contributed by atoms with Crippen LogP contribution in [-0.2, 0) is 6.42 Å². The monoisotopic (exact) mass is 717 g/mol. The number of nitrogens with zero attached hydrogens (tertiary/aromatic N) is 3. The van der Waals surface area contributed by atoms with Gasteiger partial charge < -0.3 is 4.42 Å². The zero-order chi connectivity index (χ0) is 37.2. The van der Waals surface area contributed by atoms with Gasteiger partial charge in [-0.3, -0.25) is 0 Å². The fraction of sp³-hybridized carbons (Fsp3) is 0.0577. The molecule has 0 aliphatic heterocycles. The van der Waals surface area contributed by atoms with E-state index in [1.807, 2.05) is 18.2 Å². The SMILES string of the molecule is CC1C=Cc2ccc(-c3ccc4oc5cccc(-c6ccc(-c7nc(-c8ccccc8)nc(-c8ccc9ccccc9c8)n7)c7ccccc67)c5c4c3)cc2C1. The molecule has 0 N–H and O–H groups in total. The summed E-state index contributed by atoms with van der Waals surface area (Å²) < 4.78 is 6.52. The summed E-state index contributed by atoms with van der Waals surface area (Å²) in [6.07, 6.45) is 5.63. The number of rotatable bonds is 5. The van der Waals surface area contributed by atoms with Crippen LogP contribution in [0.3, 0.4) is 0 Å². The highest BCUT2D eigenvalue weighted by Crippen LogP contribution is 2.43. The molecule has 0 amide bonds. The highest BCUT2D eigenvalue weighted by molar-refractivity contribution is 6.17. The molecule has 0 radical (unpaired) electrons. The van der Waals surface area contributed by atoms with Crippen molar-refractivity contribution in [3.8, 4) is 56.4 Å². The number of hydrogen-bond donors (Lipinski definition) is 0. The van der Waals surface area contributed by atoms with Gasteiger partial charge in [0.15, 0.2) is 17.5 Å². The van der Waals surface area contributed by atoms with Crippen LogP contribution in [0.25, 0.3) is 106 Å². The molecule has 264 valence electrons. The van der Waals surface area contributed by atoms with E-state index < -0.39 is 0 Å². The van der Waals surface area contributed by atoms with Gasteiger partial charge in [-0.1, -0.05) is 153 Å². The van der Waals surface area contributed by atoms with E-state index in [0.717, 1.165) is 72.3 Å². The predicted octanol–water partition coefficient (Wildman–Crippen LogP) is 13.6. The van der Waals surface area contributed by atoms with Gasteiger partial charge in [-0.15, -0.1) is 0 Å². The van der Waals surface area contributed by atoms with Gasteiger partial charge in [0, 0.05) is 27.5 Å². The third-order valence-corrected chi connectivity index (χ3v) is 11.2. The molecular formula is C52H35N3O. The van der Waals surface area contributed by atoms with Gasteiger partial charge in [0.25, 0.3) is 0 Å². The topological polar surface area (TPSA) is 51.8 Å². The van der Waals surface area contributed by atoms with Crippen molar-refractivity contribution in [1.29, 1.82) is 0 Å². The van der Waals surface area contributed by atoms with Gasteiger partial charge in [0.05, 0.1) is 0 Å². The molecule has 2 aromatic heterocycles. The average Bonchev–Trinajstić information content (AvgIpc) is 3.64. The number of fused-ring (bicyclic) bond motifs is 6. The van der Waals surface area contributed by atoms with Crippen molar-refractivity contribution in [3.63, 3.8) is 0 Å². The van der Waals surface area contributed by atoms with Crippen molar-refractivity contribution in [3.05, 3.63) is 181 Å². The van der Waals surface area contributed by atoms with E-state index in [-0.39, 0.29) is 0 Å². The van der Waals surface area contributed by atoms with Crippen molar-refractivity contribution in [2.45, 2.75) is 13.3 Å². The van der Waals surface area contributed by atoms with Crippen LogP contribution >= 0.6 is 0 Å². The van der Waals surface area contributed by atoms with Gasteiger partial charge in [-0.25, -0.2) is 15.0 Å². The van der Waals surface area contributed by atoms with E-state index in [1.54, 1.807) is 0 Å². The third kappa shape index (κ3) is 5.49. The molecule has 2 heterocycles. The van der Waals surface area contributed by atoms with Crippen molar-refractivity contribution >= 4 is 49.6 Å². The lowest BCUT2D eigenvalue weighted by Crippen LogP contribution is -2.03. The van der Waals surface area contributed by atoms with Gasteiger partial charge in [0.2, 0.25) is 0 Å². The molecule has 56 heavy (non-hydrogen) atoms. The Morgan fingerprint density at radius 2 is 1.16 bits per heavy atom. The maximum Gasteiger partial charge on any atom is 0.164 e. The number of furan rings is 1. The first kappa shape index (κ1) is 32.3. The van der Waals surface area contributed by atoms with Crippen molar-refractivity contribution in [2.75, 3.05) is 0 Å². The number of aromatic nitrogens is 3. The Balaban J connectivity index is 1.08. The van der Waals surface area contributed by atoms with E-state index in [2.05, 4.69) is 165 Å². The summed E-state index contributed by atoms with van der Waals surface area (Å²) in [5, 5.41) is 6.74. The Kier molecular flexibility index (Phi) is 7.49. The van der Waals surface area contributed by atoms with Crippen LogP contribution in [0.2, 0.25) is 0 Å². The summed E-state index contributed by atoms with van der Waals surface area (Å²) in [7, 11) is 0. The molecule has 1 aliphatic carbocycles. The summed E-state index contributed by atoms with van der Waals surface area (Å²) in [4.78, 5) is 15.3. The third-order valence-electron chi connectivity index (χ3n) is 11.2. The van der Waals surface area contributed by atoms with Gasteiger partial charge in [-0.2, -0.15) is 0 Å². The molecule has 11 rings (SSSR count). The van der Waals surface area contributed by atoms with E-state index in [4.69, 9.17) is 19.4 Å². The first-order chi connectivity index (χ1) is 27.6. The Bertz CT molecular complexity index is 3190. The lowest BCUT2D eigenvalue weighted by Gasteiger charge is -2.17. The molecule has 8 aromatic carbocycles. The molecular weight excluding hydrogens is 683 g/mol. The smallest absolute Gasteiger partial charge is 0.164 e. The van der Waals surface area contributed by atoms with Crippen LogP contribution in [0.4, 0.5) is 0 Å². The molecule has 4 heteroatoms. The largest absolute Gasteiger partial charge is 0.456 e. The number of allylic oxidation sites excluding steroid dienone is 1. The minimum atomic E-state index is 0.546. The highest BCUT2D eigenvalue weighted by atomic mass is 16.3. The average molecular weight is 718 g/mol. The fourth-order valence-corrected chi connectivity index (χ4v) is 8.44. The summed E-state index contributed by atoms with van der Waals surface area (Å²) >= 11 is 0. The highest BCUT2D eigenvalue weighted by Gasteiger charge is 2.20. The lowest BCUT2D eigenvalue weighted by atomic mass is 9.88. The van der Waals surface area contributed by atoms with Crippen LogP contribution in [-0.4, -0.2) is 15.0 Å². The van der Waals surface area contributed by atoms with Gasteiger partial charge in [-0.05, 0) is 97.6 Å². The summed E-state index contributed by atoms with van der Waals surface area (Å²) in [6, 6.07) is 57.7. The summed E-state index contributed by atoms with van der Waals surface area (Å²) in [6.45, 7) is 2.28. The Hall–Kier alpha value is -7.17. The van der Waals surface area contributed by atoms with Crippen LogP contribution in [0.15, 0.2) is 174 Å². The lowest BCUT2D eigenvalue weighted by molar-refractivity contribution is 0.669. The molecule has 0 saturated heterocycles. The van der Waals surface area contributed by atoms with Crippen molar-refractivity contribution < 1.29 is 4.42 Å². The summed E-state index contributed by atoms with van der Waals surface area (Å²) in [5.74, 6) is 2.46. The Morgan fingerprint density at radius 1 is 0.464 bits per heavy atom. The first-order valence-corrected chi connectivity index (χ1v) is 19.2. The minimum Gasteiger partial charge on any atom is -0.456 e. The Morgan fingerprint density at radius 3 is 2.04 bits per heavy atom. The fourth-order valence-electron chi connectivity index (χ4n) is 8.44. The van der Waals surface area contributed by atoms with Crippen LogP contribution < -0.4 is 0 Å². The maximum atomic E-state index is 6.52. The molecule has 0 bridgehead atoms. The summed E-state index contributed by atoms with van der Waals surface area (Å²) in [5.41, 5.74) is 12.0. The van der Waals surface area contributed by atoms with Crippen LogP contribution in [0.1, 0.15) is 18.1 Å². The van der Waals surface area contributed by atoms with Crippen molar-refractivity contribution in [2.24, 2.45) is 5.92 Å². The minimum absolute atomic E-state index is 0.546. The molecule has 0 spiro atoms. The van der Waals surface area contributed by atoms with Crippen molar-refractivity contribution in [1.82, 2.24) is 15.0 Å². The predicted molar refractivity (Wildman–Crippen MR) is 231 cm³/mol. The van der Waals surface area contributed by atoms with Crippen LogP contribution in [0.5, 0.6) is 0 Å². The van der Waals surface area contributed by atoms with E-state index in [1.165, 1.54) is 27.6 Å². The van der Waals surface area contributed by atoms with E-state index >= 15 is 0 Å². The molecule has 4 nitrogen and oxygen atoms in total. The standard InChI is InChI=1S/C52H35N3O/c1-32-18-19-34-20-22-37(30-40(34)28-32)38-24-27-47-46(31-38)49-44(16-9-17-48(49)56-47)43-25-26-45(42-15-8-7-14-41(42)43)52-54-50(35-11-3-2-4-12-35)53-51(55-52)39-23-21-33-10-5-6-13-36(33)29-39/h2-27,29-32H,28H2,1H3. The first-order valence-electron chi connectivity index (χ1n) is 19.2. The molecule has 0 saturated carbocycles. The zero-order valence-electron chi connectivity index (χ0n) is 30.8. The van der Waals surface area contributed by atoms with Crippen LogP contribution in [0, 0.1) is 5.92 Å². The second kappa shape index (κ2) is 13.0. The van der Waals surface area contributed by atoms with E-state index in [0.29, 0.717) is 23.4 Å². The number of hydrogen-bond acceptors (Lipinski definition) is 4. The van der Waals surface area contributed by atoms with Gasteiger partial charge >= 0.3 is 0 Å². The normalized spacial score (nSPS) is 13.8. The molecule has 1 unspecified atom stereocenters. The molecule has 10 aromatic rings. The number of benzene rings is 8. The quantitative estimate of drug-likeness (QED) is 0.178. The maximum absolute atomic E-state index is 6.52. The molecule has 1 aliphatic rings. The van der Waals surface area contributed by atoms with E-state index in [9.17, 15) is 0 Å². The molecule has 1 atom stereocenters. The van der Waals surface area contributed by atoms with Gasteiger partial charge in [0.1, 0.15) is 11.2 Å². The second-order valence-corrected chi connectivity index (χ2v) is 14.9.